The Kier molecular flexibility index (Phi) is 4.81. The number of hydrogen-bond acceptors (Lipinski definition) is 6. The summed E-state index contributed by atoms with van der Waals surface area (Å²) in [5.74, 6) is -1.71. The number of ether oxygens (including phenoxy) is 2. The molecule has 10 heteroatoms. The number of phenols is 1. The van der Waals surface area contributed by atoms with Gasteiger partial charge in [-0.05, 0) is 17.7 Å². The summed E-state index contributed by atoms with van der Waals surface area (Å²) in [5.41, 5.74) is -4.26. The highest BCUT2D eigenvalue weighted by molar-refractivity contribution is 7.88. The normalized spacial score (nSPS) is 21.8. The van der Waals surface area contributed by atoms with Crippen molar-refractivity contribution in [1.82, 2.24) is 0 Å². The van der Waals surface area contributed by atoms with Crippen molar-refractivity contribution in [3.8, 4) is 23.0 Å². The van der Waals surface area contributed by atoms with Crippen molar-refractivity contribution >= 4 is 10.1 Å². The van der Waals surface area contributed by atoms with Crippen LogP contribution in [-0.4, -0.2) is 19.0 Å². The summed E-state index contributed by atoms with van der Waals surface area (Å²) in [7, 11) is -5.89. The third-order valence-electron chi connectivity index (χ3n) is 6.58. The van der Waals surface area contributed by atoms with Gasteiger partial charge < -0.3 is 18.8 Å². The number of alkyl halides is 3. The topological polar surface area (TPSA) is 82.1 Å². The van der Waals surface area contributed by atoms with Crippen molar-refractivity contribution in [2.45, 2.75) is 16.7 Å². The zero-order valence-corrected chi connectivity index (χ0v) is 19.6. The standard InChI is InChI=1S/C27H17F3O6S/c28-27(29,30)37(32,33)36-20-12-14-22-24(16-20)35-26(18-9-5-2-6-10-18)25(22,17-7-3-1-4-8-17)21-13-11-19(31)15-23(21)34-26/h1-16,31H. The molecule has 0 aromatic heterocycles. The van der Waals surface area contributed by atoms with Gasteiger partial charge in [0.2, 0.25) is 0 Å². The molecule has 2 aliphatic rings. The first-order valence-electron chi connectivity index (χ1n) is 11.1. The zero-order valence-electron chi connectivity index (χ0n) is 18.8. The van der Waals surface area contributed by atoms with E-state index in [0.29, 0.717) is 22.4 Å². The van der Waals surface area contributed by atoms with Crippen molar-refractivity contribution in [2.75, 3.05) is 0 Å². The molecule has 2 atom stereocenters. The van der Waals surface area contributed by atoms with Crippen molar-refractivity contribution in [3.05, 3.63) is 119 Å². The maximum atomic E-state index is 13.0. The summed E-state index contributed by atoms with van der Waals surface area (Å²) in [4.78, 5) is 0. The van der Waals surface area contributed by atoms with E-state index in [4.69, 9.17) is 9.47 Å². The molecule has 6 nitrogen and oxygen atoms in total. The Labute approximate surface area is 209 Å². The first-order chi connectivity index (χ1) is 17.6. The minimum absolute atomic E-state index is 0.0218. The molecule has 6 rings (SSSR count). The minimum Gasteiger partial charge on any atom is -0.508 e. The molecule has 0 amide bonds. The first kappa shape index (κ1) is 23.2. The molecule has 0 bridgehead atoms. The van der Waals surface area contributed by atoms with Crippen LogP contribution in [0.5, 0.6) is 23.0 Å². The fourth-order valence-electron chi connectivity index (χ4n) is 5.19. The minimum atomic E-state index is -5.89. The Bertz CT molecular complexity index is 1620. The Morgan fingerprint density at radius 2 is 1.27 bits per heavy atom. The van der Waals surface area contributed by atoms with Gasteiger partial charge in [0, 0.05) is 28.8 Å². The maximum Gasteiger partial charge on any atom is 0.534 e. The van der Waals surface area contributed by atoms with E-state index in [-0.39, 0.29) is 11.5 Å². The molecule has 4 aromatic carbocycles. The molecule has 188 valence electrons. The van der Waals surface area contributed by atoms with Crippen LogP contribution in [0.2, 0.25) is 0 Å². The third-order valence-corrected chi connectivity index (χ3v) is 7.56. The lowest BCUT2D eigenvalue weighted by molar-refractivity contribution is -0.119. The molecule has 0 fully saturated rings. The second kappa shape index (κ2) is 7.66. The summed E-state index contributed by atoms with van der Waals surface area (Å²) in [6.45, 7) is 0. The van der Waals surface area contributed by atoms with Crippen LogP contribution in [0.15, 0.2) is 97.1 Å². The first-order valence-corrected chi connectivity index (χ1v) is 12.5. The predicted octanol–water partition coefficient (Wildman–Crippen LogP) is 5.59. The molecular weight excluding hydrogens is 509 g/mol. The molecule has 2 heterocycles. The van der Waals surface area contributed by atoms with Gasteiger partial charge in [-0.2, -0.15) is 21.6 Å². The van der Waals surface area contributed by atoms with Crippen molar-refractivity contribution < 1.29 is 40.4 Å². The largest absolute Gasteiger partial charge is 0.534 e. The van der Waals surface area contributed by atoms with Crippen LogP contribution in [0.1, 0.15) is 22.3 Å². The van der Waals surface area contributed by atoms with E-state index < -0.39 is 32.6 Å². The number of rotatable bonds is 4. The van der Waals surface area contributed by atoms with Crippen LogP contribution in [-0.2, 0) is 21.3 Å². The van der Waals surface area contributed by atoms with E-state index in [1.165, 1.54) is 18.2 Å². The second-order valence-corrected chi connectivity index (χ2v) is 10.2. The number of halogens is 3. The molecule has 0 spiro atoms. The zero-order chi connectivity index (χ0) is 26.1. The molecule has 0 aliphatic carbocycles. The maximum absolute atomic E-state index is 13.0. The number of phenolic OH excluding ortho intramolecular Hbond substituents is 1. The summed E-state index contributed by atoms with van der Waals surface area (Å²) in [5, 5.41) is 10.2. The molecule has 0 saturated heterocycles. The molecular formula is C27H17F3O6S. The van der Waals surface area contributed by atoms with E-state index in [9.17, 15) is 26.7 Å². The number of hydrogen-bond donors (Lipinski definition) is 1. The average molecular weight is 526 g/mol. The van der Waals surface area contributed by atoms with Crippen LogP contribution < -0.4 is 13.7 Å². The molecule has 0 saturated carbocycles. The molecule has 2 aliphatic heterocycles. The quantitative estimate of drug-likeness (QED) is 0.276. The Morgan fingerprint density at radius 3 is 1.86 bits per heavy atom. The van der Waals surface area contributed by atoms with E-state index in [0.717, 1.165) is 17.7 Å². The molecule has 37 heavy (non-hydrogen) atoms. The van der Waals surface area contributed by atoms with Gasteiger partial charge >= 0.3 is 15.6 Å². The third kappa shape index (κ3) is 3.15. The number of fused-ring (bicyclic) bond motifs is 5. The Hall–Kier alpha value is -4.18. The van der Waals surface area contributed by atoms with E-state index in [2.05, 4.69) is 4.18 Å². The Morgan fingerprint density at radius 1 is 0.730 bits per heavy atom. The SMILES string of the molecule is O=S(=O)(Oc1ccc2c(c1)OC1(c3ccccc3)Oc3cc(O)ccc3C21c1ccccc1)C(F)(F)F. The highest BCUT2D eigenvalue weighted by Crippen LogP contribution is 2.67. The van der Waals surface area contributed by atoms with Crippen molar-refractivity contribution in [1.29, 1.82) is 0 Å². The molecule has 4 aromatic rings. The smallest absolute Gasteiger partial charge is 0.508 e. The number of benzene rings is 4. The molecule has 2 unspecified atom stereocenters. The van der Waals surface area contributed by atoms with E-state index >= 15 is 0 Å². The lowest BCUT2D eigenvalue weighted by Crippen LogP contribution is -2.50. The van der Waals surface area contributed by atoms with E-state index in [1.807, 2.05) is 36.4 Å². The molecule has 1 N–H and O–H groups in total. The van der Waals surface area contributed by atoms with Gasteiger partial charge in [-0.3, -0.25) is 0 Å². The van der Waals surface area contributed by atoms with E-state index in [1.54, 1.807) is 30.3 Å². The fourth-order valence-corrected chi connectivity index (χ4v) is 5.64. The summed E-state index contributed by atoms with van der Waals surface area (Å²) >= 11 is 0. The van der Waals surface area contributed by atoms with Crippen LogP contribution in [0.4, 0.5) is 13.2 Å². The van der Waals surface area contributed by atoms with Crippen LogP contribution in [0.25, 0.3) is 0 Å². The Balaban J connectivity index is 1.65. The lowest BCUT2D eigenvalue weighted by Gasteiger charge is -2.38. The monoisotopic (exact) mass is 526 g/mol. The van der Waals surface area contributed by atoms with Crippen LogP contribution in [0.3, 0.4) is 0 Å². The molecule has 0 radical (unpaired) electrons. The van der Waals surface area contributed by atoms with Gasteiger partial charge in [-0.25, -0.2) is 0 Å². The van der Waals surface area contributed by atoms with Crippen LogP contribution >= 0.6 is 0 Å². The average Bonchev–Trinajstić information content (AvgIpc) is 3.30. The lowest BCUT2D eigenvalue weighted by atomic mass is 9.64. The van der Waals surface area contributed by atoms with Gasteiger partial charge in [0.05, 0.1) is 0 Å². The van der Waals surface area contributed by atoms with Gasteiger partial charge in [0.15, 0.2) is 0 Å². The van der Waals surface area contributed by atoms with Crippen molar-refractivity contribution in [2.24, 2.45) is 0 Å². The fraction of sp³-hybridized carbons (Fsp3) is 0.111. The van der Waals surface area contributed by atoms with Gasteiger partial charge in [0.25, 0.3) is 5.79 Å². The van der Waals surface area contributed by atoms with Crippen molar-refractivity contribution in [3.63, 3.8) is 0 Å². The number of aromatic hydroxyl groups is 1. The summed E-state index contributed by atoms with van der Waals surface area (Å²) < 4.78 is 79.5. The van der Waals surface area contributed by atoms with Gasteiger partial charge in [-0.1, -0.05) is 72.8 Å². The van der Waals surface area contributed by atoms with Gasteiger partial charge in [-0.15, -0.1) is 0 Å². The predicted molar refractivity (Wildman–Crippen MR) is 126 cm³/mol. The highest BCUT2D eigenvalue weighted by Gasteiger charge is 2.70. The van der Waals surface area contributed by atoms with Gasteiger partial charge in [0.1, 0.15) is 28.4 Å². The summed E-state index contributed by atoms with van der Waals surface area (Å²) in [6.07, 6.45) is 0. The summed E-state index contributed by atoms with van der Waals surface area (Å²) in [6, 6.07) is 26.7. The van der Waals surface area contributed by atoms with Crippen LogP contribution in [0, 0.1) is 0 Å². The second-order valence-electron chi connectivity index (χ2n) is 8.62. The highest BCUT2D eigenvalue weighted by atomic mass is 32.2.